The average Bonchev–Trinajstić information content (AvgIpc) is 2.17. The summed E-state index contributed by atoms with van der Waals surface area (Å²) in [6.45, 7) is 7.30. The van der Waals surface area contributed by atoms with Gasteiger partial charge in [0.15, 0.2) is 0 Å². The third-order valence-electron chi connectivity index (χ3n) is 4.24. The fraction of sp³-hybridized carbons (Fsp3) is 1.00. The van der Waals surface area contributed by atoms with Gasteiger partial charge in [-0.3, -0.25) is 0 Å². The van der Waals surface area contributed by atoms with E-state index in [2.05, 4.69) is 20.8 Å². The van der Waals surface area contributed by atoms with Crippen LogP contribution in [0.4, 0.5) is 0 Å². The summed E-state index contributed by atoms with van der Waals surface area (Å²) in [5, 5.41) is 0. The lowest BCUT2D eigenvalue weighted by atomic mass is 10.1. The first-order valence-electron chi connectivity index (χ1n) is 5.79. The molecule has 1 aliphatic heterocycles. The predicted octanol–water partition coefficient (Wildman–Crippen LogP) is 4.60. The molecule has 2 heteroatoms. The van der Waals surface area contributed by atoms with E-state index in [-0.39, 0.29) is 6.15 Å². The van der Waals surface area contributed by atoms with Gasteiger partial charge in [-0.25, -0.2) is 0 Å². The summed E-state index contributed by atoms with van der Waals surface area (Å²) < 4.78 is 0. The lowest BCUT2D eigenvalue weighted by Gasteiger charge is -2.41. The largest absolute Gasteiger partial charge is 0.344 e. The van der Waals surface area contributed by atoms with Gasteiger partial charge in [-0.05, 0) is 5.54 Å². The highest BCUT2D eigenvalue weighted by Gasteiger charge is 2.38. The number of hydrogen-bond acceptors (Lipinski definition) is 1. The fourth-order valence-corrected chi connectivity index (χ4v) is 8.60. The Morgan fingerprint density at radius 3 is 2.08 bits per heavy atom. The molecule has 1 fully saturated rings. The monoisotopic (exact) mass is 201 g/mol. The second kappa shape index (κ2) is 5.81. The molecule has 80 valence electrons. The minimum Gasteiger partial charge on any atom is -0.344 e. The highest BCUT2D eigenvalue weighted by atomic mass is 28.3. The Labute approximate surface area is 84.9 Å². The van der Waals surface area contributed by atoms with Crippen LogP contribution in [0.15, 0.2) is 0 Å². The highest BCUT2D eigenvalue weighted by Crippen LogP contribution is 2.44. The van der Waals surface area contributed by atoms with E-state index < -0.39 is 8.07 Å². The van der Waals surface area contributed by atoms with E-state index in [0.717, 1.165) is 0 Å². The van der Waals surface area contributed by atoms with Gasteiger partial charge in [-0.1, -0.05) is 64.6 Å². The molecule has 0 spiro atoms. The van der Waals surface area contributed by atoms with E-state index >= 15 is 0 Å². The van der Waals surface area contributed by atoms with Gasteiger partial charge in [0.1, 0.15) is 0 Å². The molecule has 1 heterocycles. The molecule has 1 atom stereocenters. The summed E-state index contributed by atoms with van der Waals surface area (Å²) in [7, 11) is -0.760. The standard InChI is InChI=1S/C11H24Si.H3N/c1-4-11-9-7-8-10-12(11,5-2)6-3;/h11H,4-10H2,1-3H3;1H3. The third-order valence-corrected chi connectivity index (χ3v) is 10.8. The van der Waals surface area contributed by atoms with Crippen LogP contribution < -0.4 is 6.15 Å². The van der Waals surface area contributed by atoms with Gasteiger partial charge in [-0.2, -0.15) is 0 Å². The molecule has 1 rings (SSSR count). The van der Waals surface area contributed by atoms with E-state index in [9.17, 15) is 0 Å². The van der Waals surface area contributed by atoms with Gasteiger partial charge in [0.2, 0.25) is 0 Å². The smallest absolute Gasteiger partial charge is 0.0561 e. The molecule has 0 saturated carbocycles. The van der Waals surface area contributed by atoms with Gasteiger partial charge in [0.05, 0.1) is 8.07 Å². The molecule has 1 unspecified atom stereocenters. The molecule has 13 heavy (non-hydrogen) atoms. The Kier molecular flexibility index (Phi) is 5.89. The van der Waals surface area contributed by atoms with Crippen molar-refractivity contribution in [1.82, 2.24) is 6.15 Å². The molecule has 0 radical (unpaired) electrons. The molecule has 1 nitrogen and oxygen atoms in total. The average molecular weight is 201 g/mol. The van der Waals surface area contributed by atoms with Crippen molar-refractivity contribution in [3.63, 3.8) is 0 Å². The van der Waals surface area contributed by atoms with Crippen molar-refractivity contribution in [2.75, 3.05) is 0 Å². The number of rotatable bonds is 3. The van der Waals surface area contributed by atoms with Gasteiger partial charge < -0.3 is 6.15 Å². The second-order valence-electron chi connectivity index (χ2n) is 4.42. The van der Waals surface area contributed by atoms with Crippen molar-refractivity contribution in [2.24, 2.45) is 0 Å². The Bertz CT molecular complexity index is 132. The van der Waals surface area contributed by atoms with Crippen molar-refractivity contribution in [2.45, 2.75) is 70.1 Å². The Morgan fingerprint density at radius 2 is 1.69 bits per heavy atom. The first-order chi connectivity index (χ1) is 5.79. The van der Waals surface area contributed by atoms with Gasteiger partial charge in [0, 0.05) is 0 Å². The van der Waals surface area contributed by atoms with Crippen LogP contribution in [-0.2, 0) is 0 Å². The Morgan fingerprint density at radius 1 is 1.08 bits per heavy atom. The van der Waals surface area contributed by atoms with Crippen LogP contribution in [0.3, 0.4) is 0 Å². The highest BCUT2D eigenvalue weighted by molar-refractivity contribution is 6.81. The van der Waals surface area contributed by atoms with Crippen LogP contribution in [0.25, 0.3) is 0 Å². The maximum atomic E-state index is 2.45. The van der Waals surface area contributed by atoms with Crippen molar-refractivity contribution < 1.29 is 0 Å². The van der Waals surface area contributed by atoms with Gasteiger partial charge in [-0.15, -0.1) is 0 Å². The zero-order valence-electron chi connectivity index (χ0n) is 9.73. The van der Waals surface area contributed by atoms with Crippen molar-refractivity contribution in [3.05, 3.63) is 0 Å². The Balaban J connectivity index is 0.00000144. The molecule has 3 N–H and O–H groups in total. The van der Waals surface area contributed by atoms with Gasteiger partial charge >= 0.3 is 0 Å². The van der Waals surface area contributed by atoms with Gasteiger partial charge in [0.25, 0.3) is 0 Å². The summed E-state index contributed by atoms with van der Waals surface area (Å²) in [4.78, 5) is 0. The topological polar surface area (TPSA) is 35.0 Å². The molecule has 0 aromatic heterocycles. The summed E-state index contributed by atoms with van der Waals surface area (Å²) in [5.41, 5.74) is 1.17. The van der Waals surface area contributed by atoms with Crippen LogP contribution in [0.5, 0.6) is 0 Å². The lowest BCUT2D eigenvalue weighted by molar-refractivity contribution is 0.584. The molecule has 0 amide bonds. The molecule has 0 aromatic rings. The minimum atomic E-state index is -0.760. The van der Waals surface area contributed by atoms with E-state index in [1.165, 1.54) is 18.4 Å². The van der Waals surface area contributed by atoms with Crippen LogP contribution in [0.2, 0.25) is 23.7 Å². The van der Waals surface area contributed by atoms with E-state index in [1.54, 1.807) is 31.0 Å². The zero-order valence-corrected chi connectivity index (χ0v) is 10.7. The van der Waals surface area contributed by atoms with Crippen molar-refractivity contribution >= 4 is 8.07 Å². The first-order valence-corrected chi connectivity index (χ1v) is 8.49. The first kappa shape index (κ1) is 13.2. The molecular weight excluding hydrogens is 174 g/mol. The summed E-state index contributed by atoms with van der Waals surface area (Å²) in [6.07, 6.45) is 6.09. The van der Waals surface area contributed by atoms with Crippen LogP contribution in [0.1, 0.15) is 46.5 Å². The van der Waals surface area contributed by atoms with E-state index in [0.29, 0.717) is 0 Å². The third kappa shape index (κ3) is 2.56. The minimum absolute atomic E-state index is 0. The SMILES string of the molecule is CCC1CCCC[Si]1(CC)CC.N. The van der Waals surface area contributed by atoms with Crippen LogP contribution >= 0.6 is 0 Å². The molecule has 0 aromatic carbocycles. The quantitative estimate of drug-likeness (QED) is 0.665. The summed E-state index contributed by atoms with van der Waals surface area (Å²) in [5.74, 6) is 0. The summed E-state index contributed by atoms with van der Waals surface area (Å²) >= 11 is 0. The zero-order chi connectivity index (χ0) is 9.03. The maximum absolute atomic E-state index is 2.45. The van der Waals surface area contributed by atoms with Crippen molar-refractivity contribution in [3.8, 4) is 0 Å². The van der Waals surface area contributed by atoms with Crippen LogP contribution in [-0.4, -0.2) is 8.07 Å². The van der Waals surface area contributed by atoms with E-state index in [4.69, 9.17) is 0 Å². The van der Waals surface area contributed by atoms with Crippen molar-refractivity contribution in [1.29, 1.82) is 0 Å². The molecular formula is C11H27NSi. The molecule has 1 saturated heterocycles. The lowest BCUT2D eigenvalue weighted by Crippen LogP contribution is -2.40. The fourth-order valence-electron chi connectivity index (χ4n) is 3.20. The van der Waals surface area contributed by atoms with Crippen LogP contribution in [0, 0.1) is 0 Å². The summed E-state index contributed by atoms with van der Waals surface area (Å²) in [6, 6.07) is 4.72. The normalized spacial score (nSPS) is 26.5. The molecule has 0 aliphatic carbocycles. The van der Waals surface area contributed by atoms with E-state index in [1.807, 2.05) is 0 Å². The number of hydrogen-bond donors (Lipinski definition) is 1. The predicted molar refractivity (Wildman–Crippen MR) is 64.4 cm³/mol. The second-order valence-corrected chi connectivity index (χ2v) is 9.88. The molecule has 1 aliphatic rings. The maximum Gasteiger partial charge on any atom is 0.0561 e. The molecule has 0 bridgehead atoms. The Hall–Kier alpha value is 0.177.